The number of nitrogens with one attached hydrogen (secondary N) is 1. The molecule has 2 aromatic rings. The number of alkyl halides is 6. The van der Waals surface area contributed by atoms with Crippen LogP contribution in [0.15, 0.2) is 42.6 Å². The Morgan fingerprint density at radius 1 is 1.03 bits per heavy atom. The molecule has 2 amide bonds. The number of carbonyl (C=O) groups is 2. The first-order valence-corrected chi connectivity index (χ1v) is 12.6. The van der Waals surface area contributed by atoms with Crippen LogP contribution in [0.1, 0.15) is 37.9 Å². The first-order chi connectivity index (χ1) is 17.8. The largest absolute Gasteiger partial charge is 0.534 e. The molecule has 0 unspecified atom stereocenters. The number of amides is 2. The molecule has 0 bridgehead atoms. The van der Waals surface area contributed by atoms with E-state index in [0.717, 1.165) is 17.0 Å². The number of pyridine rings is 1. The second kappa shape index (κ2) is 10.5. The van der Waals surface area contributed by atoms with Crippen molar-refractivity contribution in [2.24, 2.45) is 5.92 Å². The zero-order chi connectivity index (χ0) is 29.4. The average molecular weight is 584 g/mol. The molecule has 39 heavy (non-hydrogen) atoms. The van der Waals surface area contributed by atoms with Crippen LogP contribution in [0.3, 0.4) is 0 Å². The quantitative estimate of drug-likeness (QED) is 0.299. The highest BCUT2D eigenvalue weighted by Gasteiger charge is 2.53. The summed E-state index contributed by atoms with van der Waals surface area (Å²) in [5.74, 6) is -5.17. The van der Waals surface area contributed by atoms with E-state index in [1.165, 1.54) is 27.0 Å². The van der Waals surface area contributed by atoms with Gasteiger partial charge in [0.05, 0.1) is 6.04 Å². The number of anilines is 1. The van der Waals surface area contributed by atoms with E-state index < -0.39 is 62.7 Å². The molecule has 0 saturated heterocycles. The summed E-state index contributed by atoms with van der Waals surface area (Å²) in [6.07, 6.45) is -5.00. The van der Waals surface area contributed by atoms with E-state index >= 15 is 0 Å². The number of rotatable bonds is 6. The van der Waals surface area contributed by atoms with Crippen molar-refractivity contribution >= 4 is 27.9 Å². The summed E-state index contributed by atoms with van der Waals surface area (Å²) in [4.78, 5) is 30.7. The number of carbonyl (C=O) groups excluding carboxylic acids is 2. The molecule has 0 aliphatic carbocycles. The Morgan fingerprint density at radius 3 is 2.18 bits per heavy atom. The highest BCUT2D eigenvalue weighted by Crippen LogP contribution is 2.40. The topological polar surface area (TPSA) is 115 Å². The SMILES string of the molecule is CC(C)(C)OC(=O)N[C@H](c1ccc(OS(=O)(=O)C(F)(F)F)cc1)[C@@H](C(=O)N1CCc2cccnc21)C(F)(F)F. The van der Waals surface area contributed by atoms with Crippen LogP contribution >= 0.6 is 0 Å². The fourth-order valence-electron chi connectivity index (χ4n) is 3.76. The molecule has 0 fully saturated rings. The van der Waals surface area contributed by atoms with E-state index in [1.807, 2.05) is 5.32 Å². The van der Waals surface area contributed by atoms with Crippen molar-refractivity contribution in [3.8, 4) is 5.75 Å². The summed E-state index contributed by atoms with van der Waals surface area (Å²) < 4.78 is 113. The van der Waals surface area contributed by atoms with Crippen LogP contribution in [0.4, 0.5) is 37.0 Å². The molecular weight excluding hydrogens is 560 g/mol. The summed E-state index contributed by atoms with van der Waals surface area (Å²) in [5.41, 5.74) is -6.74. The third-order valence-electron chi connectivity index (χ3n) is 5.35. The zero-order valence-corrected chi connectivity index (χ0v) is 21.4. The molecule has 1 aromatic carbocycles. The maximum absolute atomic E-state index is 14.5. The van der Waals surface area contributed by atoms with Crippen LogP contribution in [-0.4, -0.2) is 49.2 Å². The lowest BCUT2D eigenvalue weighted by molar-refractivity contribution is -0.187. The normalized spacial score (nSPS) is 15.8. The van der Waals surface area contributed by atoms with Gasteiger partial charge in [0, 0.05) is 12.7 Å². The number of hydrogen-bond acceptors (Lipinski definition) is 7. The van der Waals surface area contributed by atoms with Gasteiger partial charge in [-0.1, -0.05) is 18.2 Å². The Balaban J connectivity index is 2.03. The van der Waals surface area contributed by atoms with Gasteiger partial charge in [0.15, 0.2) is 5.92 Å². The average Bonchev–Trinajstić information content (AvgIpc) is 3.20. The van der Waals surface area contributed by atoms with E-state index in [1.54, 1.807) is 12.1 Å². The predicted molar refractivity (Wildman–Crippen MR) is 124 cm³/mol. The van der Waals surface area contributed by atoms with E-state index in [2.05, 4.69) is 9.17 Å². The second-order valence-corrected chi connectivity index (χ2v) is 11.0. The summed E-state index contributed by atoms with van der Waals surface area (Å²) in [5, 5.41) is 2.03. The highest BCUT2D eigenvalue weighted by molar-refractivity contribution is 7.88. The number of aromatic nitrogens is 1. The van der Waals surface area contributed by atoms with Gasteiger partial charge in [-0.15, -0.1) is 0 Å². The van der Waals surface area contributed by atoms with Crippen LogP contribution in [-0.2, 0) is 26.1 Å². The summed E-state index contributed by atoms with van der Waals surface area (Å²) >= 11 is 0. The number of ether oxygens (including phenoxy) is 1. The Labute approximate surface area is 219 Å². The number of hydrogen-bond donors (Lipinski definition) is 1. The molecule has 0 spiro atoms. The van der Waals surface area contributed by atoms with Gasteiger partial charge < -0.3 is 14.2 Å². The number of nitrogens with zero attached hydrogens (tertiary/aromatic N) is 2. The lowest BCUT2D eigenvalue weighted by Crippen LogP contribution is -2.50. The van der Waals surface area contributed by atoms with Crippen LogP contribution in [0, 0.1) is 5.92 Å². The zero-order valence-electron chi connectivity index (χ0n) is 20.6. The molecule has 1 aliphatic heterocycles. The maximum atomic E-state index is 14.5. The number of fused-ring (bicyclic) bond motifs is 1. The number of benzene rings is 1. The first-order valence-electron chi connectivity index (χ1n) is 11.2. The molecule has 2 heterocycles. The van der Waals surface area contributed by atoms with Crippen LogP contribution < -0.4 is 14.4 Å². The molecule has 0 radical (unpaired) electrons. The second-order valence-electron chi connectivity index (χ2n) is 9.42. The van der Waals surface area contributed by atoms with Crippen molar-refractivity contribution in [2.45, 2.75) is 50.5 Å². The van der Waals surface area contributed by atoms with Gasteiger partial charge in [0.25, 0.3) is 0 Å². The summed E-state index contributed by atoms with van der Waals surface area (Å²) in [7, 11) is -6.05. The van der Waals surface area contributed by atoms with Gasteiger partial charge in [-0.25, -0.2) is 9.78 Å². The van der Waals surface area contributed by atoms with E-state index in [4.69, 9.17) is 4.74 Å². The molecule has 2 atom stereocenters. The van der Waals surface area contributed by atoms with Crippen LogP contribution in [0.5, 0.6) is 5.75 Å². The van der Waals surface area contributed by atoms with Crippen LogP contribution in [0.25, 0.3) is 0 Å². The molecule has 1 aromatic heterocycles. The smallest absolute Gasteiger partial charge is 0.444 e. The van der Waals surface area contributed by atoms with Crippen molar-refractivity contribution < 1.29 is 53.3 Å². The molecule has 214 valence electrons. The van der Waals surface area contributed by atoms with Crippen molar-refractivity contribution in [3.05, 3.63) is 53.7 Å². The molecule has 1 aliphatic rings. The Hall–Kier alpha value is -3.56. The minimum Gasteiger partial charge on any atom is -0.444 e. The van der Waals surface area contributed by atoms with Gasteiger partial charge in [0.2, 0.25) is 5.91 Å². The Morgan fingerprint density at radius 2 is 1.64 bits per heavy atom. The third kappa shape index (κ3) is 7.10. The number of alkyl carbamates (subject to hydrolysis) is 1. The Bertz CT molecular complexity index is 1320. The van der Waals surface area contributed by atoms with Crippen LogP contribution in [0.2, 0.25) is 0 Å². The van der Waals surface area contributed by atoms with E-state index in [0.29, 0.717) is 17.7 Å². The van der Waals surface area contributed by atoms with Gasteiger partial charge in [-0.05, 0) is 56.5 Å². The standard InChI is InChI=1S/C23H23F6N3O6S/c1-21(2,3)37-20(34)31-17(13-6-8-15(9-7-13)38-39(35,36)23(27,28)29)16(22(24,25)26)19(33)32-12-10-14-5-4-11-30-18(14)32/h4-9,11,16-17H,10,12H2,1-3H3,(H,31,34)/t16-,17+/m0/s1. The predicted octanol–water partition coefficient (Wildman–Crippen LogP) is 4.64. The molecule has 16 heteroatoms. The monoisotopic (exact) mass is 583 g/mol. The van der Waals surface area contributed by atoms with Gasteiger partial charge in [-0.3, -0.25) is 9.69 Å². The van der Waals surface area contributed by atoms with E-state index in [-0.39, 0.29) is 18.8 Å². The lowest BCUT2D eigenvalue weighted by Gasteiger charge is -2.32. The van der Waals surface area contributed by atoms with Crippen molar-refractivity contribution in [2.75, 3.05) is 11.4 Å². The minimum absolute atomic E-state index is 0.0221. The van der Waals surface area contributed by atoms with Crippen molar-refractivity contribution in [1.29, 1.82) is 0 Å². The highest BCUT2D eigenvalue weighted by atomic mass is 32.2. The van der Waals surface area contributed by atoms with Crippen molar-refractivity contribution in [1.82, 2.24) is 10.3 Å². The molecule has 0 saturated carbocycles. The van der Waals surface area contributed by atoms with Crippen molar-refractivity contribution in [3.63, 3.8) is 0 Å². The van der Waals surface area contributed by atoms with E-state index in [9.17, 15) is 44.3 Å². The molecule has 3 rings (SSSR count). The minimum atomic E-state index is -6.05. The van der Waals surface area contributed by atoms with Gasteiger partial charge in [0.1, 0.15) is 17.2 Å². The third-order valence-corrected chi connectivity index (χ3v) is 6.33. The fraction of sp³-hybridized carbons (Fsp3) is 0.435. The number of halogens is 6. The molecule has 9 nitrogen and oxygen atoms in total. The maximum Gasteiger partial charge on any atom is 0.534 e. The Kier molecular flexibility index (Phi) is 8.11. The fourth-order valence-corrected chi connectivity index (χ4v) is 4.22. The van der Waals surface area contributed by atoms with Gasteiger partial charge >= 0.3 is 27.9 Å². The lowest BCUT2D eigenvalue weighted by atomic mass is 9.91. The summed E-state index contributed by atoms with van der Waals surface area (Å²) in [6, 6.07) is 3.94. The molecule has 1 N–H and O–H groups in total. The molecular formula is C23H23F6N3O6S. The summed E-state index contributed by atoms with van der Waals surface area (Å²) in [6.45, 7) is 4.25. The van der Waals surface area contributed by atoms with Gasteiger partial charge in [-0.2, -0.15) is 34.8 Å². The first kappa shape index (κ1) is 30.0.